The molecular formula is C10H23N3O. The Morgan fingerprint density at radius 2 is 1.86 bits per heavy atom. The molecule has 1 rings (SSSR count). The van der Waals surface area contributed by atoms with E-state index in [0.717, 1.165) is 13.1 Å². The zero-order valence-corrected chi connectivity index (χ0v) is 9.48. The lowest BCUT2D eigenvalue weighted by atomic mass is 10.1. The minimum atomic E-state index is 0.133. The number of aliphatic hydroxyl groups excluding tert-OH is 1. The van der Waals surface area contributed by atoms with Crippen molar-refractivity contribution in [1.82, 2.24) is 9.80 Å². The zero-order valence-electron chi connectivity index (χ0n) is 9.48. The fourth-order valence-electron chi connectivity index (χ4n) is 2.08. The molecule has 1 heterocycles. The Labute approximate surface area is 86.7 Å². The third-order valence-corrected chi connectivity index (χ3v) is 3.39. The van der Waals surface area contributed by atoms with Crippen LogP contribution in [0.3, 0.4) is 0 Å². The van der Waals surface area contributed by atoms with Crippen molar-refractivity contribution >= 4 is 0 Å². The van der Waals surface area contributed by atoms with Crippen molar-refractivity contribution in [2.24, 2.45) is 5.73 Å². The van der Waals surface area contributed by atoms with E-state index in [1.807, 2.05) is 0 Å². The van der Waals surface area contributed by atoms with Gasteiger partial charge in [-0.05, 0) is 20.9 Å². The summed E-state index contributed by atoms with van der Waals surface area (Å²) in [5, 5.41) is 9.18. The van der Waals surface area contributed by atoms with E-state index in [0.29, 0.717) is 18.6 Å². The van der Waals surface area contributed by atoms with E-state index in [9.17, 15) is 5.11 Å². The average molecular weight is 201 g/mol. The molecule has 4 nitrogen and oxygen atoms in total. The number of piperazine rings is 1. The molecule has 84 valence electrons. The number of hydrogen-bond acceptors (Lipinski definition) is 4. The molecule has 1 aliphatic heterocycles. The molecule has 0 saturated carbocycles. The smallest absolute Gasteiger partial charge is 0.0599 e. The monoisotopic (exact) mass is 201 g/mol. The van der Waals surface area contributed by atoms with E-state index in [1.54, 1.807) is 0 Å². The van der Waals surface area contributed by atoms with Gasteiger partial charge in [0.05, 0.1) is 6.61 Å². The van der Waals surface area contributed by atoms with Gasteiger partial charge in [-0.1, -0.05) is 0 Å². The van der Waals surface area contributed by atoms with Crippen molar-refractivity contribution in [3.63, 3.8) is 0 Å². The van der Waals surface area contributed by atoms with Crippen molar-refractivity contribution in [2.75, 3.05) is 33.3 Å². The van der Waals surface area contributed by atoms with E-state index in [1.165, 1.54) is 0 Å². The molecule has 0 amide bonds. The molecule has 3 atom stereocenters. The number of hydrogen-bond donors (Lipinski definition) is 2. The van der Waals surface area contributed by atoms with Gasteiger partial charge in [0.1, 0.15) is 0 Å². The second-order valence-corrected chi connectivity index (χ2v) is 4.39. The highest BCUT2D eigenvalue weighted by molar-refractivity contribution is 4.86. The minimum absolute atomic E-state index is 0.133. The summed E-state index contributed by atoms with van der Waals surface area (Å²) < 4.78 is 0. The topological polar surface area (TPSA) is 52.7 Å². The predicted octanol–water partition coefficient (Wildman–Crippen LogP) is -0.670. The summed E-state index contributed by atoms with van der Waals surface area (Å²) in [6, 6.07) is 1.22. The van der Waals surface area contributed by atoms with Gasteiger partial charge in [0, 0.05) is 37.8 Å². The third-order valence-electron chi connectivity index (χ3n) is 3.39. The largest absolute Gasteiger partial charge is 0.395 e. The maximum absolute atomic E-state index is 9.18. The summed E-state index contributed by atoms with van der Waals surface area (Å²) in [4.78, 5) is 4.68. The summed E-state index contributed by atoms with van der Waals surface area (Å²) in [6.07, 6.45) is 0. The highest BCUT2D eigenvalue weighted by atomic mass is 16.3. The number of likely N-dealkylation sites (N-methyl/N-ethyl adjacent to an activating group) is 1. The van der Waals surface area contributed by atoms with Gasteiger partial charge in [0.2, 0.25) is 0 Å². The molecule has 1 fully saturated rings. The van der Waals surface area contributed by atoms with Crippen LogP contribution in [0, 0.1) is 0 Å². The second kappa shape index (κ2) is 5.07. The van der Waals surface area contributed by atoms with Crippen molar-refractivity contribution in [2.45, 2.75) is 32.0 Å². The molecule has 0 aliphatic carbocycles. The highest BCUT2D eigenvalue weighted by Crippen LogP contribution is 2.15. The van der Waals surface area contributed by atoms with Crippen LogP contribution in [0.4, 0.5) is 0 Å². The molecule has 0 aromatic carbocycles. The van der Waals surface area contributed by atoms with E-state index >= 15 is 0 Å². The minimum Gasteiger partial charge on any atom is -0.395 e. The molecule has 1 aliphatic rings. The zero-order chi connectivity index (χ0) is 10.7. The number of aliphatic hydroxyl groups is 1. The molecule has 0 aromatic heterocycles. The molecule has 0 spiro atoms. The first-order chi connectivity index (χ1) is 6.60. The van der Waals surface area contributed by atoms with Crippen molar-refractivity contribution in [3.05, 3.63) is 0 Å². The molecule has 14 heavy (non-hydrogen) atoms. The Balaban J connectivity index is 2.56. The van der Waals surface area contributed by atoms with E-state index in [2.05, 4.69) is 30.7 Å². The van der Waals surface area contributed by atoms with Crippen molar-refractivity contribution in [3.8, 4) is 0 Å². The first-order valence-corrected chi connectivity index (χ1v) is 5.37. The van der Waals surface area contributed by atoms with E-state index < -0.39 is 0 Å². The molecule has 0 aromatic rings. The van der Waals surface area contributed by atoms with Crippen molar-refractivity contribution in [1.29, 1.82) is 0 Å². The van der Waals surface area contributed by atoms with Crippen LogP contribution >= 0.6 is 0 Å². The Morgan fingerprint density at radius 1 is 1.36 bits per heavy atom. The second-order valence-electron chi connectivity index (χ2n) is 4.39. The lowest BCUT2D eigenvalue weighted by molar-refractivity contribution is 0.0191. The van der Waals surface area contributed by atoms with Crippen LogP contribution in [0.2, 0.25) is 0 Å². The quantitative estimate of drug-likeness (QED) is 0.636. The van der Waals surface area contributed by atoms with Crippen LogP contribution in [0.15, 0.2) is 0 Å². The van der Waals surface area contributed by atoms with Gasteiger partial charge in [-0.25, -0.2) is 0 Å². The van der Waals surface area contributed by atoms with Crippen LogP contribution in [-0.4, -0.2) is 66.3 Å². The lowest BCUT2D eigenvalue weighted by Crippen LogP contribution is -2.59. The van der Waals surface area contributed by atoms with Gasteiger partial charge >= 0.3 is 0 Å². The molecule has 0 bridgehead atoms. The highest BCUT2D eigenvalue weighted by Gasteiger charge is 2.29. The normalized spacial score (nSPS) is 33.2. The summed E-state index contributed by atoms with van der Waals surface area (Å²) in [5.74, 6) is 0. The van der Waals surface area contributed by atoms with Crippen LogP contribution in [0.1, 0.15) is 13.8 Å². The number of nitrogens with zero attached hydrogens (tertiary/aromatic N) is 2. The van der Waals surface area contributed by atoms with Gasteiger partial charge in [0.15, 0.2) is 0 Å². The van der Waals surface area contributed by atoms with E-state index in [-0.39, 0.29) is 12.6 Å². The summed E-state index contributed by atoms with van der Waals surface area (Å²) in [5.41, 5.74) is 5.62. The first kappa shape index (κ1) is 11.9. The molecule has 3 N–H and O–H groups in total. The molecule has 1 unspecified atom stereocenters. The molecular weight excluding hydrogens is 178 g/mol. The number of rotatable bonds is 3. The van der Waals surface area contributed by atoms with Gasteiger partial charge < -0.3 is 10.8 Å². The van der Waals surface area contributed by atoms with Gasteiger partial charge in [-0.3, -0.25) is 9.80 Å². The lowest BCUT2D eigenvalue weighted by Gasteiger charge is -2.45. The summed E-state index contributed by atoms with van der Waals surface area (Å²) in [6.45, 7) is 7.15. The van der Waals surface area contributed by atoms with Crippen LogP contribution in [0.5, 0.6) is 0 Å². The maximum Gasteiger partial charge on any atom is 0.0599 e. The van der Waals surface area contributed by atoms with Crippen LogP contribution in [0.25, 0.3) is 0 Å². The van der Waals surface area contributed by atoms with Gasteiger partial charge in [0.25, 0.3) is 0 Å². The summed E-state index contributed by atoms with van der Waals surface area (Å²) >= 11 is 0. The third kappa shape index (κ3) is 2.45. The average Bonchev–Trinajstić information content (AvgIpc) is 2.16. The molecule has 1 saturated heterocycles. The SMILES string of the molecule is C[C@@H]1CN(C(CN)CO)C[C@H](C)N1C. The van der Waals surface area contributed by atoms with Gasteiger partial charge in [-0.15, -0.1) is 0 Å². The molecule has 4 heteroatoms. The summed E-state index contributed by atoms with van der Waals surface area (Å²) in [7, 11) is 2.16. The predicted molar refractivity (Wildman–Crippen MR) is 58.2 cm³/mol. The number of nitrogens with two attached hydrogens (primary N) is 1. The maximum atomic E-state index is 9.18. The fraction of sp³-hybridized carbons (Fsp3) is 1.00. The fourth-order valence-corrected chi connectivity index (χ4v) is 2.08. The van der Waals surface area contributed by atoms with Crippen LogP contribution < -0.4 is 5.73 Å². The standard InChI is InChI=1S/C10H23N3O/c1-8-5-13(10(4-11)7-14)6-9(2)12(8)3/h8-10,14H,4-7,11H2,1-3H3/t8-,9+,10?. The first-order valence-electron chi connectivity index (χ1n) is 5.37. The Hall–Kier alpha value is -0.160. The van der Waals surface area contributed by atoms with Gasteiger partial charge in [-0.2, -0.15) is 0 Å². The van der Waals surface area contributed by atoms with Crippen LogP contribution in [-0.2, 0) is 0 Å². The Kier molecular flexibility index (Phi) is 4.31. The van der Waals surface area contributed by atoms with Crippen molar-refractivity contribution < 1.29 is 5.11 Å². The molecule has 0 radical (unpaired) electrons. The Morgan fingerprint density at radius 3 is 2.21 bits per heavy atom. The Bertz CT molecular complexity index is 161. The van der Waals surface area contributed by atoms with E-state index in [4.69, 9.17) is 5.73 Å².